The first-order valence-corrected chi connectivity index (χ1v) is 4.91. The summed E-state index contributed by atoms with van der Waals surface area (Å²) in [7, 11) is 0. The molecule has 0 aromatic heterocycles. The summed E-state index contributed by atoms with van der Waals surface area (Å²) in [6, 6.07) is 9.07. The lowest BCUT2D eigenvalue weighted by Gasteiger charge is -2.02. The van der Waals surface area contributed by atoms with E-state index in [1.165, 1.54) is 0 Å². The van der Waals surface area contributed by atoms with Gasteiger partial charge in [-0.25, -0.2) is 4.79 Å². The Morgan fingerprint density at radius 3 is 2.50 bits per heavy atom. The maximum absolute atomic E-state index is 11.1. The van der Waals surface area contributed by atoms with Gasteiger partial charge in [-0.15, -0.1) is 0 Å². The molecule has 0 bridgehead atoms. The lowest BCUT2D eigenvalue weighted by molar-refractivity contribution is -0.154. The number of ketones is 1. The van der Waals surface area contributed by atoms with Crippen LogP contribution in [0, 0.1) is 0 Å². The molecule has 0 radical (unpaired) electrons. The number of rotatable bonds is 6. The Bertz CT molecular complexity index is 370. The first kappa shape index (κ1) is 12.1. The van der Waals surface area contributed by atoms with Gasteiger partial charge >= 0.3 is 5.97 Å². The molecular formula is C12H12O4. The van der Waals surface area contributed by atoms with Crippen molar-refractivity contribution in [1.29, 1.82) is 0 Å². The lowest BCUT2D eigenvalue weighted by Crippen LogP contribution is -2.17. The van der Waals surface area contributed by atoms with Crippen molar-refractivity contribution in [2.24, 2.45) is 0 Å². The molecular weight excluding hydrogens is 208 g/mol. The van der Waals surface area contributed by atoms with E-state index in [0.717, 1.165) is 5.56 Å². The molecule has 1 aromatic rings. The van der Waals surface area contributed by atoms with Crippen molar-refractivity contribution in [3.05, 3.63) is 35.9 Å². The van der Waals surface area contributed by atoms with Gasteiger partial charge in [0.1, 0.15) is 12.9 Å². The quantitative estimate of drug-likeness (QED) is 0.411. The summed E-state index contributed by atoms with van der Waals surface area (Å²) in [5.41, 5.74) is 0.819. The van der Waals surface area contributed by atoms with Crippen LogP contribution in [0.4, 0.5) is 0 Å². The van der Waals surface area contributed by atoms with Gasteiger partial charge in [-0.2, -0.15) is 0 Å². The standard InChI is InChI=1S/C12H12O4/c13-8-4-7-11(14)12(15)16-9-10-5-2-1-3-6-10/h1-3,5-6,8H,4,7,9H2. The average molecular weight is 220 g/mol. The maximum Gasteiger partial charge on any atom is 0.374 e. The smallest absolute Gasteiger partial charge is 0.374 e. The highest BCUT2D eigenvalue weighted by Crippen LogP contribution is 2.01. The van der Waals surface area contributed by atoms with Crippen molar-refractivity contribution in [2.45, 2.75) is 19.4 Å². The molecule has 1 rings (SSSR count). The minimum absolute atomic E-state index is 0.0548. The zero-order valence-corrected chi connectivity index (χ0v) is 8.72. The lowest BCUT2D eigenvalue weighted by atomic mass is 10.2. The third-order valence-corrected chi connectivity index (χ3v) is 1.93. The third kappa shape index (κ3) is 4.04. The van der Waals surface area contributed by atoms with Gasteiger partial charge in [0.15, 0.2) is 0 Å². The summed E-state index contributed by atoms with van der Waals surface area (Å²) in [5, 5.41) is 0. The highest BCUT2D eigenvalue weighted by molar-refractivity contribution is 6.33. The number of carbonyl (C=O) groups excluding carboxylic acids is 3. The number of benzene rings is 1. The molecule has 4 heteroatoms. The summed E-state index contributed by atoms with van der Waals surface area (Å²) >= 11 is 0. The molecule has 0 fully saturated rings. The van der Waals surface area contributed by atoms with E-state index in [4.69, 9.17) is 4.74 Å². The van der Waals surface area contributed by atoms with Crippen LogP contribution >= 0.6 is 0 Å². The van der Waals surface area contributed by atoms with Crippen LogP contribution in [0.25, 0.3) is 0 Å². The molecule has 0 saturated carbocycles. The summed E-state index contributed by atoms with van der Waals surface area (Å²) in [5.74, 6) is -1.55. The maximum atomic E-state index is 11.1. The van der Waals surface area contributed by atoms with E-state index in [1.807, 2.05) is 18.2 Å². The van der Waals surface area contributed by atoms with Crippen LogP contribution in [-0.2, 0) is 25.7 Å². The van der Waals surface area contributed by atoms with Crippen LogP contribution < -0.4 is 0 Å². The Labute approximate surface area is 93.2 Å². The highest BCUT2D eigenvalue weighted by Gasteiger charge is 2.14. The fourth-order valence-electron chi connectivity index (χ4n) is 1.10. The predicted molar refractivity (Wildman–Crippen MR) is 56.5 cm³/mol. The van der Waals surface area contributed by atoms with Gasteiger partial charge in [0, 0.05) is 12.8 Å². The highest BCUT2D eigenvalue weighted by atomic mass is 16.5. The summed E-state index contributed by atoms with van der Waals surface area (Å²) in [4.78, 5) is 32.2. The average Bonchev–Trinajstić information content (AvgIpc) is 2.34. The SMILES string of the molecule is O=CCCC(=O)C(=O)OCc1ccccc1. The van der Waals surface area contributed by atoms with Crippen molar-refractivity contribution in [1.82, 2.24) is 0 Å². The van der Waals surface area contributed by atoms with E-state index in [1.54, 1.807) is 12.1 Å². The van der Waals surface area contributed by atoms with Crippen LogP contribution in [0.3, 0.4) is 0 Å². The predicted octanol–water partition coefficient (Wildman–Crippen LogP) is 1.28. The molecule has 0 amide bonds. The number of carbonyl (C=O) groups is 3. The normalized spacial score (nSPS) is 9.50. The zero-order valence-electron chi connectivity index (χ0n) is 8.72. The van der Waals surface area contributed by atoms with Gasteiger partial charge < -0.3 is 9.53 Å². The molecule has 0 saturated heterocycles. The molecule has 0 heterocycles. The Hall–Kier alpha value is -1.97. The van der Waals surface area contributed by atoms with Gasteiger partial charge in [-0.05, 0) is 5.56 Å². The summed E-state index contributed by atoms with van der Waals surface area (Å²) in [6.45, 7) is 0.0759. The second kappa shape index (κ2) is 6.50. The van der Waals surface area contributed by atoms with Crippen molar-refractivity contribution < 1.29 is 19.1 Å². The van der Waals surface area contributed by atoms with E-state index in [0.29, 0.717) is 6.29 Å². The number of Topliss-reactive ketones (excluding diaryl/α,β-unsaturated/α-hetero) is 1. The van der Waals surface area contributed by atoms with Crippen LogP contribution in [0.1, 0.15) is 18.4 Å². The summed E-state index contributed by atoms with van der Waals surface area (Å²) < 4.78 is 4.78. The van der Waals surface area contributed by atoms with Gasteiger partial charge in [0.25, 0.3) is 0 Å². The fourth-order valence-corrected chi connectivity index (χ4v) is 1.10. The number of hydrogen-bond donors (Lipinski definition) is 0. The minimum Gasteiger partial charge on any atom is -0.455 e. The Kier molecular flexibility index (Phi) is 4.92. The minimum atomic E-state index is -0.884. The Morgan fingerprint density at radius 2 is 1.88 bits per heavy atom. The first-order valence-electron chi connectivity index (χ1n) is 4.91. The molecule has 1 aromatic carbocycles. The van der Waals surface area contributed by atoms with Crippen molar-refractivity contribution in [3.8, 4) is 0 Å². The Balaban J connectivity index is 2.35. The van der Waals surface area contributed by atoms with Crippen LogP contribution in [0.2, 0.25) is 0 Å². The monoisotopic (exact) mass is 220 g/mol. The number of aldehydes is 1. The summed E-state index contributed by atoms with van der Waals surface area (Å²) in [6.07, 6.45) is 0.568. The molecule has 4 nitrogen and oxygen atoms in total. The molecule has 0 atom stereocenters. The van der Waals surface area contributed by atoms with E-state index in [-0.39, 0.29) is 19.4 Å². The van der Waals surface area contributed by atoms with Crippen molar-refractivity contribution >= 4 is 18.0 Å². The van der Waals surface area contributed by atoms with Gasteiger partial charge in [-0.3, -0.25) is 4.79 Å². The van der Waals surface area contributed by atoms with E-state index < -0.39 is 11.8 Å². The van der Waals surface area contributed by atoms with E-state index >= 15 is 0 Å². The van der Waals surface area contributed by atoms with Crippen LogP contribution in [-0.4, -0.2) is 18.0 Å². The molecule has 0 aliphatic rings. The molecule has 0 unspecified atom stereocenters. The second-order valence-electron chi connectivity index (χ2n) is 3.19. The van der Waals surface area contributed by atoms with Crippen molar-refractivity contribution in [3.63, 3.8) is 0 Å². The topological polar surface area (TPSA) is 60.4 Å². The van der Waals surface area contributed by atoms with Crippen LogP contribution in [0.5, 0.6) is 0 Å². The molecule has 16 heavy (non-hydrogen) atoms. The second-order valence-corrected chi connectivity index (χ2v) is 3.19. The Morgan fingerprint density at radius 1 is 1.19 bits per heavy atom. The van der Waals surface area contributed by atoms with Gasteiger partial charge in [-0.1, -0.05) is 30.3 Å². The number of esters is 1. The van der Waals surface area contributed by atoms with E-state index in [9.17, 15) is 14.4 Å². The first-order chi connectivity index (χ1) is 7.74. The largest absolute Gasteiger partial charge is 0.455 e. The number of hydrogen-bond acceptors (Lipinski definition) is 4. The third-order valence-electron chi connectivity index (χ3n) is 1.93. The molecule has 0 N–H and O–H groups in total. The van der Waals surface area contributed by atoms with E-state index in [2.05, 4.69) is 0 Å². The molecule has 0 spiro atoms. The fraction of sp³-hybridized carbons (Fsp3) is 0.250. The number of ether oxygens (including phenoxy) is 1. The van der Waals surface area contributed by atoms with Gasteiger partial charge in [0.05, 0.1) is 0 Å². The van der Waals surface area contributed by atoms with Gasteiger partial charge in [0.2, 0.25) is 5.78 Å². The van der Waals surface area contributed by atoms with Crippen LogP contribution in [0.15, 0.2) is 30.3 Å². The van der Waals surface area contributed by atoms with Crippen molar-refractivity contribution in [2.75, 3.05) is 0 Å². The molecule has 0 aliphatic heterocycles. The molecule has 0 aliphatic carbocycles. The molecule has 84 valence electrons. The zero-order chi connectivity index (χ0) is 11.8.